The van der Waals surface area contributed by atoms with Crippen LogP contribution in [0.25, 0.3) is 21.9 Å². The number of hydrogen-bond donors (Lipinski definition) is 2. The van der Waals surface area contributed by atoms with Crippen LogP contribution < -0.4 is 5.56 Å². The zero-order chi connectivity index (χ0) is 14.1. The lowest BCUT2D eigenvalue weighted by atomic mass is 9.99. The van der Waals surface area contributed by atoms with Gasteiger partial charge in [-0.15, -0.1) is 0 Å². The molecule has 0 amide bonds. The van der Waals surface area contributed by atoms with Gasteiger partial charge in [0.1, 0.15) is 5.69 Å². The minimum absolute atomic E-state index is 0.0784. The Hall–Kier alpha value is -2.88. The van der Waals surface area contributed by atoms with E-state index in [2.05, 4.69) is 4.98 Å². The van der Waals surface area contributed by atoms with E-state index < -0.39 is 11.5 Å². The highest BCUT2D eigenvalue weighted by molar-refractivity contribution is 6.06. The zero-order valence-corrected chi connectivity index (χ0v) is 10.5. The van der Waals surface area contributed by atoms with Crippen molar-refractivity contribution in [2.24, 2.45) is 0 Å². The van der Waals surface area contributed by atoms with Gasteiger partial charge in [0.05, 0.1) is 5.56 Å². The Labute approximate surface area is 114 Å². The van der Waals surface area contributed by atoms with Crippen molar-refractivity contribution in [2.75, 3.05) is 0 Å². The Morgan fingerprint density at radius 1 is 0.900 bits per heavy atom. The number of aromatic amines is 1. The van der Waals surface area contributed by atoms with E-state index in [9.17, 15) is 14.7 Å². The number of pyridine rings is 1. The van der Waals surface area contributed by atoms with Crippen LogP contribution in [0.15, 0.2) is 59.4 Å². The van der Waals surface area contributed by atoms with Gasteiger partial charge in [-0.05, 0) is 10.9 Å². The van der Waals surface area contributed by atoms with Crippen LogP contribution >= 0.6 is 0 Å². The molecule has 1 aromatic heterocycles. The molecule has 0 bridgehead atoms. The van der Waals surface area contributed by atoms with Crippen molar-refractivity contribution in [1.29, 1.82) is 0 Å². The fourth-order valence-corrected chi connectivity index (χ4v) is 2.34. The first kappa shape index (κ1) is 12.2. The molecule has 0 aliphatic carbocycles. The number of carboxylic acids is 1. The lowest BCUT2D eigenvalue weighted by molar-refractivity contribution is 0.0692. The van der Waals surface area contributed by atoms with Crippen molar-refractivity contribution >= 4 is 16.7 Å². The quantitative estimate of drug-likeness (QED) is 0.748. The number of aromatic carboxylic acids is 1. The van der Waals surface area contributed by atoms with E-state index in [1.807, 2.05) is 30.3 Å². The van der Waals surface area contributed by atoms with Gasteiger partial charge in [0.2, 0.25) is 0 Å². The summed E-state index contributed by atoms with van der Waals surface area (Å²) in [4.78, 5) is 25.9. The Bertz CT molecular complexity index is 850. The molecule has 2 N–H and O–H groups in total. The number of rotatable bonds is 2. The third-order valence-electron chi connectivity index (χ3n) is 3.21. The molecule has 3 rings (SSSR count). The van der Waals surface area contributed by atoms with Crippen LogP contribution in [0.2, 0.25) is 0 Å². The summed E-state index contributed by atoms with van der Waals surface area (Å²) in [6.45, 7) is 0. The molecular formula is C16H11NO3. The molecule has 0 unspecified atom stereocenters. The number of H-pyrrole nitrogens is 1. The molecule has 2 aromatic carbocycles. The van der Waals surface area contributed by atoms with Gasteiger partial charge in [0.25, 0.3) is 5.56 Å². The molecule has 4 heteroatoms. The highest BCUT2D eigenvalue weighted by Crippen LogP contribution is 2.26. The smallest absolute Gasteiger partial charge is 0.353 e. The molecule has 4 nitrogen and oxygen atoms in total. The Morgan fingerprint density at radius 2 is 1.50 bits per heavy atom. The summed E-state index contributed by atoms with van der Waals surface area (Å²) in [6, 6.07) is 16.2. The molecule has 0 aliphatic heterocycles. The normalized spacial score (nSPS) is 10.6. The topological polar surface area (TPSA) is 70.2 Å². The lowest BCUT2D eigenvalue weighted by Crippen LogP contribution is -2.15. The monoisotopic (exact) mass is 265 g/mol. The van der Waals surface area contributed by atoms with E-state index >= 15 is 0 Å². The fraction of sp³-hybridized carbons (Fsp3) is 0. The highest BCUT2D eigenvalue weighted by atomic mass is 16.4. The van der Waals surface area contributed by atoms with Gasteiger partial charge in [-0.1, -0.05) is 54.6 Å². The van der Waals surface area contributed by atoms with Crippen LogP contribution in [0, 0.1) is 0 Å². The number of fused-ring (bicyclic) bond motifs is 1. The van der Waals surface area contributed by atoms with Crippen molar-refractivity contribution in [1.82, 2.24) is 4.98 Å². The molecule has 0 radical (unpaired) electrons. The largest absolute Gasteiger partial charge is 0.477 e. The van der Waals surface area contributed by atoms with Crippen LogP contribution in [0.4, 0.5) is 0 Å². The molecule has 0 fully saturated rings. The average molecular weight is 265 g/mol. The third-order valence-corrected chi connectivity index (χ3v) is 3.21. The first-order chi connectivity index (χ1) is 9.68. The number of aromatic nitrogens is 1. The first-order valence-electron chi connectivity index (χ1n) is 6.12. The number of carboxylic acid groups (broad SMARTS) is 1. The van der Waals surface area contributed by atoms with Crippen molar-refractivity contribution < 1.29 is 9.90 Å². The zero-order valence-electron chi connectivity index (χ0n) is 10.5. The molecule has 0 aliphatic rings. The van der Waals surface area contributed by atoms with Crippen molar-refractivity contribution in [2.45, 2.75) is 0 Å². The molecular weight excluding hydrogens is 254 g/mol. The number of nitrogens with one attached hydrogen (secondary N) is 1. The van der Waals surface area contributed by atoms with E-state index in [1.54, 1.807) is 24.3 Å². The minimum Gasteiger partial charge on any atom is -0.477 e. The van der Waals surface area contributed by atoms with Gasteiger partial charge in [-0.2, -0.15) is 0 Å². The maximum Gasteiger partial charge on any atom is 0.353 e. The van der Waals surface area contributed by atoms with Crippen LogP contribution in [-0.4, -0.2) is 16.1 Å². The molecule has 20 heavy (non-hydrogen) atoms. The third kappa shape index (κ3) is 1.87. The summed E-state index contributed by atoms with van der Waals surface area (Å²) in [7, 11) is 0. The van der Waals surface area contributed by atoms with Gasteiger partial charge < -0.3 is 10.1 Å². The minimum atomic E-state index is -1.14. The van der Waals surface area contributed by atoms with E-state index in [-0.39, 0.29) is 5.69 Å². The lowest BCUT2D eigenvalue weighted by Gasteiger charge is -2.08. The van der Waals surface area contributed by atoms with Gasteiger partial charge in [-0.3, -0.25) is 4.79 Å². The number of hydrogen-bond acceptors (Lipinski definition) is 2. The highest BCUT2D eigenvalue weighted by Gasteiger charge is 2.15. The van der Waals surface area contributed by atoms with Crippen molar-refractivity contribution in [3.63, 3.8) is 0 Å². The summed E-state index contributed by atoms with van der Waals surface area (Å²) in [5.41, 5.74) is 0.783. The van der Waals surface area contributed by atoms with Gasteiger partial charge >= 0.3 is 5.97 Å². The maximum absolute atomic E-state index is 12.2. The first-order valence-corrected chi connectivity index (χ1v) is 6.12. The molecule has 1 heterocycles. The van der Waals surface area contributed by atoms with Crippen LogP contribution in [0.5, 0.6) is 0 Å². The average Bonchev–Trinajstić information content (AvgIpc) is 2.47. The second kappa shape index (κ2) is 4.66. The summed E-state index contributed by atoms with van der Waals surface area (Å²) in [6.07, 6.45) is 0. The maximum atomic E-state index is 12.2. The summed E-state index contributed by atoms with van der Waals surface area (Å²) in [5.74, 6) is -1.14. The molecule has 3 aromatic rings. The summed E-state index contributed by atoms with van der Waals surface area (Å²) < 4.78 is 0. The molecule has 0 saturated carbocycles. The van der Waals surface area contributed by atoms with Gasteiger partial charge in [0.15, 0.2) is 0 Å². The van der Waals surface area contributed by atoms with Gasteiger partial charge in [0, 0.05) is 5.39 Å². The fourth-order valence-electron chi connectivity index (χ4n) is 2.34. The standard InChI is InChI=1S/C16H11NO3/c18-15-13(10-6-2-1-3-7-10)11-8-4-5-9-12(11)14(17-15)16(19)20/h1-9H,(H,17,18)(H,19,20). The molecule has 0 atom stereocenters. The molecule has 0 saturated heterocycles. The van der Waals surface area contributed by atoms with Crippen LogP contribution in [0.3, 0.4) is 0 Å². The Morgan fingerprint density at radius 3 is 2.15 bits per heavy atom. The van der Waals surface area contributed by atoms with E-state index in [4.69, 9.17) is 0 Å². The Balaban J connectivity index is 2.46. The van der Waals surface area contributed by atoms with Crippen LogP contribution in [0.1, 0.15) is 10.5 Å². The predicted molar refractivity (Wildman–Crippen MR) is 77.0 cm³/mol. The SMILES string of the molecule is O=C(O)c1[nH]c(=O)c(-c2ccccc2)c2ccccc12. The van der Waals surface area contributed by atoms with Gasteiger partial charge in [-0.25, -0.2) is 4.79 Å². The summed E-state index contributed by atoms with van der Waals surface area (Å²) in [5, 5.41) is 10.4. The second-order valence-electron chi connectivity index (χ2n) is 4.42. The van der Waals surface area contributed by atoms with E-state index in [1.165, 1.54) is 0 Å². The van der Waals surface area contributed by atoms with Crippen molar-refractivity contribution in [3.05, 3.63) is 70.6 Å². The second-order valence-corrected chi connectivity index (χ2v) is 4.42. The Kier molecular flexibility index (Phi) is 2.84. The van der Waals surface area contributed by atoms with Crippen LogP contribution in [-0.2, 0) is 0 Å². The molecule has 0 spiro atoms. The molecule has 98 valence electrons. The number of carbonyl (C=O) groups is 1. The van der Waals surface area contributed by atoms with E-state index in [0.717, 1.165) is 5.56 Å². The summed E-state index contributed by atoms with van der Waals surface area (Å²) >= 11 is 0. The van der Waals surface area contributed by atoms with E-state index in [0.29, 0.717) is 16.3 Å². The number of benzene rings is 2. The van der Waals surface area contributed by atoms with Crippen molar-refractivity contribution in [3.8, 4) is 11.1 Å². The predicted octanol–water partition coefficient (Wildman–Crippen LogP) is 2.89.